The largest absolute Gasteiger partial charge is 0.486 e. The Hall–Kier alpha value is -3.31. The Morgan fingerprint density at radius 3 is 2.48 bits per heavy atom. The van der Waals surface area contributed by atoms with Gasteiger partial charge in [0.2, 0.25) is 0 Å². The number of benzene rings is 2. The summed E-state index contributed by atoms with van der Waals surface area (Å²) < 4.78 is 38.6. The van der Waals surface area contributed by atoms with Crippen molar-refractivity contribution in [2.75, 3.05) is 44.3 Å². The second-order valence-electron chi connectivity index (χ2n) is 6.88. The number of nitrogens with zero attached hydrogens (tertiary/aromatic N) is 3. The Bertz CT molecular complexity index is 1190. The van der Waals surface area contributed by atoms with Crippen LogP contribution in [0.3, 0.4) is 0 Å². The first-order chi connectivity index (χ1) is 15.0. The Morgan fingerprint density at radius 1 is 1.03 bits per heavy atom. The molecular formula is C20H22N4O6S. The predicted molar refractivity (Wildman–Crippen MR) is 114 cm³/mol. The van der Waals surface area contributed by atoms with Gasteiger partial charge in [-0.2, -0.15) is 17.6 Å². The van der Waals surface area contributed by atoms with Crippen LogP contribution in [-0.4, -0.2) is 68.6 Å². The molecule has 0 bridgehead atoms. The molecular weight excluding hydrogens is 424 g/mol. The van der Waals surface area contributed by atoms with Gasteiger partial charge >= 0.3 is 0 Å². The van der Waals surface area contributed by atoms with Gasteiger partial charge in [0.15, 0.2) is 11.5 Å². The lowest BCUT2D eigenvalue weighted by Crippen LogP contribution is -2.43. The summed E-state index contributed by atoms with van der Waals surface area (Å²) in [7, 11) is -3.86. The number of piperazine rings is 1. The van der Waals surface area contributed by atoms with Crippen molar-refractivity contribution in [1.29, 1.82) is 0 Å². The zero-order valence-corrected chi connectivity index (χ0v) is 17.4. The van der Waals surface area contributed by atoms with Crippen LogP contribution in [0.4, 0.5) is 5.69 Å². The first kappa shape index (κ1) is 20.9. The number of anilines is 1. The van der Waals surface area contributed by atoms with Crippen LogP contribution in [-0.2, 0) is 14.8 Å². The van der Waals surface area contributed by atoms with Crippen molar-refractivity contribution in [1.82, 2.24) is 14.5 Å². The molecule has 0 aliphatic carbocycles. The number of carbonyl (C=O) groups is 1. The van der Waals surface area contributed by atoms with Gasteiger partial charge in [0.1, 0.15) is 13.2 Å². The first-order valence-corrected chi connectivity index (χ1v) is 11.1. The van der Waals surface area contributed by atoms with Crippen LogP contribution in [0.5, 0.6) is 11.5 Å². The fourth-order valence-corrected chi connectivity index (χ4v) is 4.86. The molecule has 1 aromatic heterocycles. The smallest absolute Gasteiger partial charge is 0.290 e. The van der Waals surface area contributed by atoms with Gasteiger partial charge in [0, 0.05) is 43.3 Å². The standard InChI is InChI=1S/C19H20N4O4S.CH2O2/c24-28(25,16-3-4-18-19(12-16)27-10-9-26-18)23-17-11-15(2-1-14(17)13-21-23)22-7-5-20-6-8-22;2-1-3/h1-4,11-13,20H,5-10H2;1H,(H,2,3). The molecule has 2 N–H and O–H groups in total. The molecule has 164 valence electrons. The molecule has 1 fully saturated rings. The molecule has 3 aromatic rings. The number of hydrogen-bond acceptors (Lipinski definition) is 8. The minimum Gasteiger partial charge on any atom is -0.486 e. The van der Waals surface area contributed by atoms with Gasteiger partial charge in [-0.1, -0.05) is 0 Å². The predicted octanol–water partition coefficient (Wildman–Crippen LogP) is 1.15. The third-order valence-corrected chi connectivity index (χ3v) is 6.64. The van der Waals surface area contributed by atoms with E-state index >= 15 is 0 Å². The molecule has 2 aromatic carbocycles. The van der Waals surface area contributed by atoms with Gasteiger partial charge in [0.25, 0.3) is 16.5 Å². The molecule has 0 amide bonds. The normalized spacial score (nSPS) is 15.8. The summed E-state index contributed by atoms with van der Waals surface area (Å²) in [6.07, 6.45) is 1.58. The van der Waals surface area contributed by atoms with Gasteiger partial charge in [-0.3, -0.25) is 4.79 Å². The number of hydrogen-bond donors (Lipinski definition) is 2. The van der Waals surface area contributed by atoms with Gasteiger partial charge in [-0.15, -0.1) is 0 Å². The van der Waals surface area contributed by atoms with Gasteiger partial charge in [0.05, 0.1) is 16.6 Å². The first-order valence-electron chi connectivity index (χ1n) is 9.71. The lowest BCUT2D eigenvalue weighted by Gasteiger charge is -2.29. The molecule has 0 spiro atoms. The third kappa shape index (κ3) is 4.14. The molecule has 1 saturated heterocycles. The number of nitrogens with one attached hydrogen (secondary N) is 1. The van der Waals surface area contributed by atoms with E-state index in [4.69, 9.17) is 19.4 Å². The van der Waals surface area contributed by atoms with E-state index in [0.717, 1.165) is 41.3 Å². The quantitative estimate of drug-likeness (QED) is 0.571. The molecule has 5 rings (SSSR count). The lowest BCUT2D eigenvalue weighted by molar-refractivity contribution is -0.122. The van der Waals surface area contributed by atoms with Crippen molar-refractivity contribution < 1.29 is 27.8 Å². The van der Waals surface area contributed by atoms with E-state index in [1.165, 1.54) is 12.1 Å². The molecule has 10 nitrogen and oxygen atoms in total. The highest BCUT2D eigenvalue weighted by Gasteiger charge is 2.24. The number of fused-ring (bicyclic) bond motifs is 2. The summed E-state index contributed by atoms with van der Waals surface area (Å²) in [4.78, 5) is 10.7. The van der Waals surface area contributed by atoms with Crippen molar-refractivity contribution in [3.8, 4) is 11.5 Å². The summed E-state index contributed by atoms with van der Waals surface area (Å²) in [6.45, 7) is 4.19. The van der Waals surface area contributed by atoms with E-state index in [0.29, 0.717) is 30.2 Å². The molecule has 3 heterocycles. The van der Waals surface area contributed by atoms with E-state index in [2.05, 4.69) is 15.3 Å². The number of aromatic nitrogens is 2. The van der Waals surface area contributed by atoms with Crippen molar-refractivity contribution in [2.45, 2.75) is 4.90 Å². The highest BCUT2D eigenvalue weighted by molar-refractivity contribution is 7.90. The van der Waals surface area contributed by atoms with Crippen molar-refractivity contribution >= 4 is 33.1 Å². The number of rotatable bonds is 3. The zero-order valence-electron chi connectivity index (χ0n) is 16.6. The Morgan fingerprint density at radius 2 is 1.74 bits per heavy atom. The van der Waals surface area contributed by atoms with Crippen LogP contribution < -0.4 is 19.7 Å². The van der Waals surface area contributed by atoms with E-state index in [-0.39, 0.29) is 11.4 Å². The minimum atomic E-state index is -3.86. The van der Waals surface area contributed by atoms with E-state index in [1.54, 1.807) is 12.3 Å². The van der Waals surface area contributed by atoms with Crippen LogP contribution in [0.15, 0.2) is 47.5 Å². The second kappa shape index (κ2) is 8.82. The van der Waals surface area contributed by atoms with E-state index in [9.17, 15) is 8.42 Å². The highest BCUT2D eigenvalue weighted by Crippen LogP contribution is 2.33. The molecule has 0 radical (unpaired) electrons. The maximum absolute atomic E-state index is 13.3. The lowest BCUT2D eigenvalue weighted by atomic mass is 10.2. The van der Waals surface area contributed by atoms with Crippen LogP contribution in [0.1, 0.15) is 0 Å². The SMILES string of the molecule is O=CO.O=S(=O)(c1ccc2c(c1)OCCO2)n1ncc2ccc(N3CCNCC3)cc21. The summed E-state index contributed by atoms with van der Waals surface area (Å²) in [6, 6.07) is 10.5. The zero-order chi connectivity index (χ0) is 21.8. The van der Waals surface area contributed by atoms with Crippen molar-refractivity contribution in [2.24, 2.45) is 0 Å². The number of carboxylic acid groups (broad SMARTS) is 1. The Balaban J connectivity index is 0.000000730. The Labute approximate surface area is 179 Å². The van der Waals surface area contributed by atoms with Crippen molar-refractivity contribution in [3.05, 3.63) is 42.6 Å². The fourth-order valence-electron chi connectivity index (χ4n) is 3.58. The van der Waals surface area contributed by atoms with Crippen LogP contribution in [0.2, 0.25) is 0 Å². The monoisotopic (exact) mass is 446 g/mol. The topological polar surface area (TPSA) is 123 Å². The Kier molecular flexibility index (Phi) is 5.96. The molecule has 11 heteroatoms. The van der Waals surface area contributed by atoms with Crippen molar-refractivity contribution in [3.63, 3.8) is 0 Å². The maximum atomic E-state index is 13.3. The molecule has 0 atom stereocenters. The average Bonchev–Trinajstić information content (AvgIpc) is 3.24. The summed E-state index contributed by atoms with van der Waals surface area (Å²) >= 11 is 0. The van der Waals surface area contributed by atoms with Gasteiger partial charge < -0.3 is 24.8 Å². The third-order valence-electron chi connectivity index (χ3n) is 5.04. The molecule has 2 aliphatic rings. The van der Waals surface area contributed by atoms with Gasteiger partial charge in [-0.25, -0.2) is 0 Å². The summed E-state index contributed by atoms with van der Waals surface area (Å²) in [5.74, 6) is 0.988. The molecule has 2 aliphatic heterocycles. The highest BCUT2D eigenvalue weighted by atomic mass is 32.2. The fraction of sp³-hybridized carbons (Fsp3) is 0.300. The summed E-state index contributed by atoms with van der Waals surface area (Å²) in [5.41, 5.74) is 1.55. The molecule has 31 heavy (non-hydrogen) atoms. The minimum absolute atomic E-state index is 0.120. The average molecular weight is 446 g/mol. The van der Waals surface area contributed by atoms with Gasteiger partial charge in [-0.05, 0) is 30.3 Å². The van der Waals surface area contributed by atoms with Crippen LogP contribution in [0, 0.1) is 0 Å². The molecule has 0 unspecified atom stereocenters. The van der Waals surface area contributed by atoms with Crippen LogP contribution >= 0.6 is 0 Å². The second-order valence-corrected chi connectivity index (χ2v) is 8.65. The molecule has 0 saturated carbocycles. The van der Waals surface area contributed by atoms with E-state index in [1.807, 2.05) is 18.2 Å². The summed E-state index contributed by atoms with van der Waals surface area (Å²) in [5, 5.41) is 15.2. The van der Waals surface area contributed by atoms with E-state index < -0.39 is 10.0 Å². The maximum Gasteiger partial charge on any atom is 0.290 e. The van der Waals surface area contributed by atoms with Crippen LogP contribution in [0.25, 0.3) is 10.9 Å². The number of ether oxygens (including phenoxy) is 2.